The summed E-state index contributed by atoms with van der Waals surface area (Å²) in [6.45, 7) is 0. The average molecular weight is 235 g/mol. The first-order valence-electron chi connectivity index (χ1n) is 5.64. The van der Waals surface area contributed by atoms with E-state index in [2.05, 4.69) is 25.5 Å². The molecule has 0 unspecified atom stereocenters. The maximum absolute atomic E-state index is 4.30. The minimum Gasteiger partial charge on any atom is -0.353 e. The van der Waals surface area contributed by atoms with Crippen molar-refractivity contribution in [2.75, 3.05) is 5.43 Å². The van der Waals surface area contributed by atoms with Crippen molar-refractivity contribution in [3.63, 3.8) is 0 Å². The third-order valence-corrected chi connectivity index (χ3v) is 3.04. The number of nitrogens with zero attached hydrogens (tertiary/aromatic N) is 3. The van der Waals surface area contributed by atoms with E-state index in [4.69, 9.17) is 0 Å². The van der Waals surface area contributed by atoms with Crippen LogP contribution in [-0.2, 0) is 0 Å². The van der Waals surface area contributed by atoms with Gasteiger partial charge >= 0.3 is 0 Å². The highest BCUT2D eigenvalue weighted by atomic mass is 15.3. The van der Waals surface area contributed by atoms with Crippen LogP contribution in [0.5, 0.6) is 0 Å². The van der Waals surface area contributed by atoms with Crippen LogP contribution in [0.3, 0.4) is 0 Å². The van der Waals surface area contributed by atoms with Crippen LogP contribution < -0.4 is 5.43 Å². The number of imidazole rings is 1. The zero-order chi connectivity index (χ0) is 11.9. The Morgan fingerprint density at radius 3 is 3.11 bits per heavy atom. The monoisotopic (exact) mass is 235 g/mol. The van der Waals surface area contributed by atoms with E-state index in [0.29, 0.717) is 0 Å². The first kappa shape index (κ1) is 9.35. The molecule has 3 heterocycles. The summed E-state index contributed by atoms with van der Waals surface area (Å²) in [6, 6.07) is 6.04. The van der Waals surface area contributed by atoms with E-state index in [1.54, 1.807) is 12.5 Å². The minimum absolute atomic E-state index is 0.906. The van der Waals surface area contributed by atoms with Gasteiger partial charge in [-0.25, -0.2) is 9.97 Å². The van der Waals surface area contributed by atoms with Gasteiger partial charge in [-0.05, 0) is 30.4 Å². The van der Waals surface area contributed by atoms with Gasteiger partial charge in [0.05, 0.1) is 22.4 Å². The molecule has 4 rings (SSSR count). The number of hydrazone groups is 1. The number of anilines is 1. The number of rotatable bonds is 0. The normalized spacial score (nSPS) is 13.6. The first-order valence-corrected chi connectivity index (χ1v) is 5.64. The van der Waals surface area contributed by atoms with E-state index in [9.17, 15) is 0 Å². The van der Waals surface area contributed by atoms with E-state index in [1.165, 1.54) is 0 Å². The number of H-pyrrole nitrogens is 1. The molecule has 0 fully saturated rings. The van der Waals surface area contributed by atoms with Crippen molar-refractivity contribution in [1.82, 2.24) is 15.0 Å². The maximum Gasteiger partial charge on any atom is 0.116 e. The number of fused-ring (bicyclic) bond motifs is 4. The SMILES string of the molecule is C1=Cc2[nH]c3ccc4ncnc4c3cc2NN=C1. The molecule has 0 radical (unpaired) electrons. The molecule has 3 aromatic rings. The van der Waals surface area contributed by atoms with Crippen molar-refractivity contribution < 1.29 is 0 Å². The summed E-state index contributed by atoms with van der Waals surface area (Å²) in [5.41, 5.74) is 7.79. The fraction of sp³-hybridized carbons (Fsp3) is 0. The number of pyridine rings is 1. The van der Waals surface area contributed by atoms with Gasteiger partial charge < -0.3 is 4.98 Å². The molecule has 0 aliphatic carbocycles. The summed E-state index contributed by atoms with van der Waals surface area (Å²) >= 11 is 0. The van der Waals surface area contributed by atoms with E-state index in [0.717, 1.165) is 33.3 Å². The smallest absolute Gasteiger partial charge is 0.116 e. The van der Waals surface area contributed by atoms with Crippen LogP contribution in [0.1, 0.15) is 5.69 Å². The highest BCUT2D eigenvalue weighted by molar-refractivity contribution is 6.04. The van der Waals surface area contributed by atoms with Crippen molar-refractivity contribution in [3.05, 3.63) is 36.3 Å². The van der Waals surface area contributed by atoms with Crippen molar-refractivity contribution in [1.29, 1.82) is 0 Å². The standard InChI is InChI=1S/C13H9N5/c1-2-10-12(18-16-5-1)6-8-9(17-10)3-4-11-13(8)15-7-14-11/h1-7,17-18H. The van der Waals surface area contributed by atoms with Gasteiger partial charge in [-0.3, -0.25) is 5.43 Å². The summed E-state index contributed by atoms with van der Waals surface area (Å²) in [6.07, 6.45) is 7.18. The second-order valence-electron chi connectivity index (χ2n) is 4.11. The topological polar surface area (TPSA) is 66.0 Å². The Morgan fingerprint density at radius 2 is 2.11 bits per heavy atom. The summed E-state index contributed by atoms with van der Waals surface area (Å²) in [5, 5.41) is 5.11. The second-order valence-corrected chi connectivity index (χ2v) is 4.11. The molecule has 2 aromatic heterocycles. The predicted octanol–water partition coefficient (Wildman–Crippen LogP) is 2.54. The van der Waals surface area contributed by atoms with Gasteiger partial charge in [-0.2, -0.15) is 5.10 Å². The van der Waals surface area contributed by atoms with Gasteiger partial charge in [0.15, 0.2) is 0 Å². The van der Waals surface area contributed by atoms with Crippen LogP contribution in [0.4, 0.5) is 5.69 Å². The fourth-order valence-corrected chi connectivity index (χ4v) is 2.19. The second kappa shape index (κ2) is 3.40. The number of aromatic amines is 1. The lowest BCUT2D eigenvalue weighted by Crippen LogP contribution is -1.93. The van der Waals surface area contributed by atoms with Crippen LogP contribution in [0.15, 0.2) is 35.7 Å². The van der Waals surface area contributed by atoms with Crippen LogP contribution >= 0.6 is 0 Å². The fourth-order valence-electron chi connectivity index (χ4n) is 2.19. The lowest BCUT2D eigenvalue weighted by molar-refractivity contribution is 1.30. The van der Waals surface area contributed by atoms with Gasteiger partial charge in [0.2, 0.25) is 0 Å². The Hall–Kier alpha value is -2.69. The number of aromatic nitrogens is 3. The molecule has 5 heteroatoms. The van der Waals surface area contributed by atoms with Crippen LogP contribution in [0, 0.1) is 0 Å². The Morgan fingerprint density at radius 1 is 1.11 bits per heavy atom. The molecule has 0 spiro atoms. The third kappa shape index (κ3) is 1.24. The number of nitrogens with one attached hydrogen (secondary N) is 2. The molecule has 1 aliphatic rings. The predicted molar refractivity (Wildman–Crippen MR) is 72.5 cm³/mol. The lowest BCUT2D eigenvalue weighted by atomic mass is 10.1. The number of benzene rings is 1. The maximum atomic E-state index is 4.30. The zero-order valence-electron chi connectivity index (χ0n) is 9.38. The number of hydrogen-bond acceptors (Lipinski definition) is 4. The van der Waals surface area contributed by atoms with E-state index in [1.807, 2.05) is 30.4 Å². The molecule has 0 saturated carbocycles. The molecule has 0 bridgehead atoms. The van der Waals surface area contributed by atoms with Crippen molar-refractivity contribution >= 4 is 39.9 Å². The summed E-state index contributed by atoms with van der Waals surface area (Å²) in [7, 11) is 0. The van der Waals surface area contributed by atoms with Crippen molar-refractivity contribution in [2.45, 2.75) is 0 Å². The average Bonchev–Trinajstić information content (AvgIpc) is 2.76. The molecule has 0 atom stereocenters. The molecule has 0 saturated heterocycles. The summed E-state index contributed by atoms with van der Waals surface area (Å²) in [4.78, 5) is 11.9. The van der Waals surface area contributed by atoms with Crippen LogP contribution in [0.2, 0.25) is 0 Å². The molecule has 2 N–H and O–H groups in total. The quantitative estimate of drug-likeness (QED) is 0.629. The largest absolute Gasteiger partial charge is 0.353 e. The molecule has 86 valence electrons. The van der Waals surface area contributed by atoms with Crippen LogP contribution in [0.25, 0.3) is 28.0 Å². The Labute approximate surface area is 102 Å². The van der Waals surface area contributed by atoms with Crippen molar-refractivity contribution in [2.24, 2.45) is 5.10 Å². The van der Waals surface area contributed by atoms with E-state index >= 15 is 0 Å². The zero-order valence-corrected chi connectivity index (χ0v) is 9.38. The summed E-state index contributed by atoms with van der Waals surface area (Å²) in [5.74, 6) is 0. The van der Waals surface area contributed by atoms with Gasteiger partial charge in [0.1, 0.15) is 6.33 Å². The van der Waals surface area contributed by atoms with Gasteiger partial charge in [0.25, 0.3) is 0 Å². The summed E-state index contributed by atoms with van der Waals surface area (Å²) < 4.78 is 0. The third-order valence-electron chi connectivity index (χ3n) is 3.04. The van der Waals surface area contributed by atoms with Crippen LogP contribution in [-0.4, -0.2) is 21.2 Å². The molecule has 5 nitrogen and oxygen atoms in total. The highest BCUT2D eigenvalue weighted by Crippen LogP contribution is 2.27. The lowest BCUT2D eigenvalue weighted by Gasteiger charge is -2.07. The Bertz CT molecular complexity index is 813. The molecule has 18 heavy (non-hydrogen) atoms. The Balaban J connectivity index is 2.13. The number of hydrogen-bond donors (Lipinski definition) is 2. The first-order chi connectivity index (χ1) is 8.92. The molecule has 1 aliphatic heterocycles. The van der Waals surface area contributed by atoms with E-state index < -0.39 is 0 Å². The van der Waals surface area contributed by atoms with Gasteiger partial charge in [-0.15, -0.1) is 0 Å². The molecule has 0 amide bonds. The minimum atomic E-state index is 0.906. The molecular formula is C13H9N5. The Kier molecular flexibility index (Phi) is 1.77. The van der Waals surface area contributed by atoms with Gasteiger partial charge in [0, 0.05) is 17.1 Å². The van der Waals surface area contributed by atoms with E-state index in [-0.39, 0.29) is 0 Å². The molecular weight excluding hydrogens is 226 g/mol. The number of allylic oxidation sites excluding steroid dienone is 1. The van der Waals surface area contributed by atoms with Gasteiger partial charge in [-0.1, -0.05) is 0 Å². The highest BCUT2D eigenvalue weighted by Gasteiger charge is 2.08. The van der Waals surface area contributed by atoms with Crippen molar-refractivity contribution in [3.8, 4) is 0 Å². The molecule has 1 aromatic carbocycles.